The summed E-state index contributed by atoms with van der Waals surface area (Å²) in [6.45, 7) is 0. The Morgan fingerprint density at radius 2 is 0.729 bits per heavy atom. The predicted molar refractivity (Wildman–Crippen MR) is 253 cm³/mol. The Bertz CT molecular complexity index is 3520. The fourth-order valence-electron chi connectivity index (χ4n) is 9.67. The van der Waals surface area contributed by atoms with E-state index in [0.717, 1.165) is 5.69 Å². The molecule has 1 heteroatoms. The lowest BCUT2D eigenvalue weighted by Crippen LogP contribution is -1.96. The molecule has 0 N–H and O–H groups in total. The van der Waals surface area contributed by atoms with Crippen molar-refractivity contribution in [2.75, 3.05) is 0 Å². The van der Waals surface area contributed by atoms with Crippen LogP contribution in [0, 0.1) is 0 Å². The van der Waals surface area contributed by atoms with Gasteiger partial charge in [-0.1, -0.05) is 194 Å². The summed E-state index contributed by atoms with van der Waals surface area (Å²) in [7, 11) is 0. The van der Waals surface area contributed by atoms with Gasteiger partial charge in [-0.05, 0) is 113 Å². The molecule has 11 aromatic carbocycles. The van der Waals surface area contributed by atoms with Crippen LogP contribution in [0.1, 0.15) is 0 Å². The van der Waals surface area contributed by atoms with E-state index < -0.39 is 0 Å². The number of fused-ring (bicyclic) bond motifs is 8. The molecular weight excluding hydrogens is 711 g/mol. The SMILES string of the molecule is c1ccc(-c2cc3c4ccccc4n(-c4ccc(-c5c6ccccc6c(-c6ccc(-c7ccc8ccccc8c7)cc6)c6ccccc56)cc4)c3c3ccccc23)cc1. The Hall–Kier alpha value is -7.74. The molecule has 1 nitrogen and oxygen atoms in total. The number of benzene rings is 11. The van der Waals surface area contributed by atoms with Crippen LogP contribution in [0.3, 0.4) is 0 Å². The van der Waals surface area contributed by atoms with Gasteiger partial charge in [-0.25, -0.2) is 0 Å². The van der Waals surface area contributed by atoms with Crippen molar-refractivity contribution in [3.63, 3.8) is 0 Å². The van der Waals surface area contributed by atoms with Gasteiger partial charge in [0.1, 0.15) is 0 Å². The standard InChI is InChI=1S/C58H37N/c1-2-15-40(16-3-1)53-37-54-47-19-12-13-25-55(47)59(58(54)52-24-11-6-18-46(52)53)45-34-32-42(33-35-45)57-50-22-9-7-20-48(50)56(49-21-8-10-23-51(49)57)41-29-26-39(27-30-41)44-31-28-38-14-4-5-17-43(38)36-44/h1-37H. The molecule has 1 aromatic heterocycles. The Kier molecular flexibility index (Phi) is 7.61. The normalized spacial score (nSPS) is 11.7. The van der Waals surface area contributed by atoms with E-state index in [1.165, 1.54) is 109 Å². The van der Waals surface area contributed by atoms with Crippen LogP contribution in [0.25, 0.3) is 115 Å². The third kappa shape index (κ3) is 5.33. The smallest absolute Gasteiger partial charge is 0.0619 e. The largest absolute Gasteiger partial charge is 0.309 e. The van der Waals surface area contributed by atoms with E-state index in [0.29, 0.717) is 0 Å². The first-order valence-corrected chi connectivity index (χ1v) is 20.4. The van der Waals surface area contributed by atoms with Crippen molar-refractivity contribution in [1.29, 1.82) is 0 Å². The number of hydrogen-bond acceptors (Lipinski definition) is 0. The second kappa shape index (κ2) is 13.4. The first-order valence-electron chi connectivity index (χ1n) is 20.4. The maximum absolute atomic E-state index is 2.46. The van der Waals surface area contributed by atoms with E-state index >= 15 is 0 Å². The molecule has 12 rings (SSSR count). The maximum atomic E-state index is 2.46. The average molecular weight is 748 g/mol. The van der Waals surface area contributed by atoms with Crippen LogP contribution in [0.4, 0.5) is 0 Å². The van der Waals surface area contributed by atoms with Crippen molar-refractivity contribution in [2.45, 2.75) is 0 Å². The van der Waals surface area contributed by atoms with Crippen LogP contribution in [-0.2, 0) is 0 Å². The molecule has 0 aliphatic rings. The second-order valence-corrected chi connectivity index (χ2v) is 15.6. The van der Waals surface area contributed by atoms with Crippen molar-refractivity contribution in [1.82, 2.24) is 4.57 Å². The van der Waals surface area contributed by atoms with Gasteiger partial charge in [0.15, 0.2) is 0 Å². The number of para-hydroxylation sites is 1. The van der Waals surface area contributed by atoms with Crippen molar-refractivity contribution in [3.8, 4) is 50.2 Å². The fraction of sp³-hybridized carbons (Fsp3) is 0. The quantitative estimate of drug-likeness (QED) is 0.155. The molecule has 12 aromatic rings. The minimum absolute atomic E-state index is 1.15. The summed E-state index contributed by atoms with van der Waals surface area (Å²) in [5.74, 6) is 0. The molecular formula is C58H37N. The molecule has 1 heterocycles. The summed E-state index contributed by atoms with van der Waals surface area (Å²) in [6, 6.07) is 82.5. The van der Waals surface area contributed by atoms with Gasteiger partial charge in [-0.3, -0.25) is 0 Å². The van der Waals surface area contributed by atoms with Gasteiger partial charge >= 0.3 is 0 Å². The monoisotopic (exact) mass is 747 g/mol. The number of nitrogens with zero attached hydrogens (tertiary/aromatic N) is 1. The fourth-order valence-corrected chi connectivity index (χ4v) is 9.67. The summed E-state index contributed by atoms with van der Waals surface area (Å²) in [5, 5.41) is 12.6. The summed E-state index contributed by atoms with van der Waals surface area (Å²) in [4.78, 5) is 0. The number of aromatic nitrogens is 1. The molecule has 0 saturated carbocycles. The maximum Gasteiger partial charge on any atom is 0.0619 e. The molecule has 274 valence electrons. The highest BCUT2D eigenvalue weighted by Crippen LogP contribution is 2.45. The molecule has 0 spiro atoms. The molecule has 0 radical (unpaired) electrons. The molecule has 0 aliphatic carbocycles. The highest BCUT2D eigenvalue weighted by molar-refractivity contribution is 6.23. The van der Waals surface area contributed by atoms with Crippen molar-refractivity contribution in [2.24, 2.45) is 0 Å². The summed E-state index contributed by atoms with van der Waals surface area (Å²) >= 11 is 0. The first kappa shape index (κ1) is 33.4. The molecule has 59 heavy (non-hydrogen) atoms. The third-order valence-electron chi connectivity index (χ3n) is 12.4. The Labute approximate surface area is 342 Å². The van der Waals surface area contributed by atoms with Crippen molar-refractivity contribution in [3.05, 3.63) is 224 Å². The molecule has 0 saturated heterocycles. The van der Waals surface area contributed by atoms with Gasteiger partial charge < -0.3 is 4.57 Å². The number of rotatable bonds is 5. The molecule has 0 bridgehead atoms. The van der Waals surface area contributed by atoms with E-state index in [1.807, 2.05) is 0 Å². The topological polar surface area (TPSA) is 4.93 Å². The predicted octanol–water partition coefficient (Wildman–Crippen LogP) is 16.1. The lowest BCUT2D eigenvalue weighted by atomic mass is 9.85. The van der Waals surface area contributed by atoms with E-state index in [4.69, 9.17) is 0 Å². The molecule has 0 amide bonds. The molecule has 0 aliphatic heterocycles. The molecule has 0 unspecified atom stereocenters. The second-order valence-electron chi connectivity index (χ2n) is 15.6. The van der Waals surface area contributed by atoms with Crippen molar-refractivity contribution >= 4 is 64.9 Å². The summed E-state index contributed by atoms with van der Waals surface area (Å²) in [5.41, 5.74) is 13.5. The van der Waals surface area contributed by atoms with E-state index in [1.54, 1.807) is 0 Å². The van der Waals surface area contributed by atoms with Crippen LogP contribution in [0.15, 0.2) is 224 Å². The lowest BCUT2D eigenvalue weighted by molar-refractivity contribution is 1.19. The van der Waals surface area contributed by atoms with Gasteiger partial charge in [0, 0.05) is 21.8 Å². The number of hydrogen-bond donors (Lipinski definition) is 0. The van der Waals surface area contributed by atoms with E-state index in [2.05, 4.69) is 229 Å². The van der Waals surface area contributed by atoms with Crippen LogP contribution < -0.4 is 0 Å². The van der Waals surface area contributed by atoms with Gasteiger partial charge in [0.25, 0.3) is 0 Å². The Morgan fingerprint density at radius 1 is 0.254 bits per heavy atom. The van der Waals surface area contributed by atoms with E-state index in [-0.39, 0.29) is 0 Å². The highest BCUT2D eigenvalue weighted by Gasteiger charge is 2.20. The van der Waals surface area contributed by atoms with Gasteiger partial charge in [-0.15, -0.1) is 0 Å². The van der Waals surface area contributed by atoms with Gasteiger partial charge in [0.05, 0.1) is 11.0 Å². The zero-order valence-electron chi connectivity index (χ0n) is 32.3. The summed E-state index contributed by atoms with van der Waals surface area (Å²) < 4.78 is 2.46. The zero-order chi connectivity index (χ0) is 38.9. The minimum Gasteiger partial charge on any atom is -0.309 e. The minimum atomic E-state index is 1.15. The van der Waals surface area contributed by atoms with Crippen molar-refractivity contribution < 1.29 is 0 Å². The Balaban J connectivity index is 1.01. The zero-order valence-corrected chi connectivity index (χ0v) is 32.3. The highest BCUT2D eigenvalue weighted by atomic mass is 15.0. The first-order chi connectivity index (χ1) is 29.3. The van der Waals surface area contributed by atoms with Crippen LogP contribution in [0.2, 0.25) is 0 Å². The Morgan fingerprint density at radius 3 is 1.37 bits per heavy atom. The van der Waals surface area contributed by atoms with Gasteiger partial charge in [-0.2, -0.15) is 0 Å². The van der Waals surface area contributed by atoms with Gasteiger partial charge in [0.2, 0.25) is 0 Å². The van der Waals surface area contributed by atoms with Crippen LogP contribution in [-0.4, -0.2) is 4.57 Å². The van der Waals surface area contributed by atoms with E-state index in [9.17, 15) is 0 Å². The van der Waals surface area contributed by atoms with Crippen LogP contribution in [0.5, 0.6) is 0 Å². The average Bonchev–Trinajstić information content (AvgIpc) is 3.65. The molecule has 0 fully saturated rings. The summed E-state index contributed by atoms with van der Waals surface area (Å²) in [6.07, 6.45) is 0. The van der Waals surface area contributed by atoms with Crippen LogP contribution >= 0.6 is 0 Å². The lowest BCUT2D eigenvalue weighted by Gasteiger charge is -2.18. The third-order valence-corrected chi connectivity index (χ3v) is 12.4. The molecule has 0 atom stereocenters.